The van der Waals surface area contributed by atoms with E-state index in [9.17, 15) is 4.39 Å². The third kappa shape index (κ3) is 1.51. The van der Waals surface area contributed by atoms with Crippen LogP contribution in [0.25, 0.3) is 0 Å². The smallest absolute Gasteiger partial charge is 0.126 e. The maximum atomic E-state index is 13.1. The highest BCUT2D eigenvalue weighted by molar-refractivity contribution is 5.39. The Balaban J connectivity index is 2.05. The van der Waals surface area contributed by atoms with Crippen LogP contribution in [0.2, 0.25) is 0 Å². The highest BCUT2D eigenvalue weighted by Crippen LogP contribution is 2.38. The van der Waals surface area contributed by atoms with Crippen LogP contribution >= 0.6 is 0 Å². The average Bonchev–Trinajstić information content (AvgIpc) is 2.61. The van der Waals surface area contributed by atoms with Gasteiger partial charge in [0.05, 0.1) is 6.61 Å². The van der Waals surface area contributed by atoms with E-state index in [1.54, 1.807) is 0 Å². The molecule has 2 heterocycles. The third-order valence-corrected chi connectivity index (χ3v) is 3.46. The van der Waals surface area contributed by atoms with Crippen molar-refractivity contribution < 1.29 is 9.13 Å². The van der Waals surface area contributed by atoms with Gasteiger partial charge in [-0.15, -0.1) is 0 Å². The minimum atomic E-state index is -0.210. The van der Waals surface area contributed by atoms with E-state index in [0.29, 0.717) is 18.4 Å². The van der Waals surface area contributed by atoms with Gasteiger partial charge >= 0.3 is 0 Å². The molecule has 2 nitrogen and oxygen atoms in total. The van der Waals surface area contributed by atoms with E-state index >= 15 is 0 Å². The van der Waals surface area contributed by atoms with Crippen LogP contribution in [0.5, 0.6) is 5.75 Å². The molecule has 0 bridgehead atoms. The third-order valence-electron chi connectivity index (χ3n) is 3.46. The zero-order valence-electron chi connectivity index (χ0n) is 8.50. The number of hydrogen-bond donors (Lipinski definition) is 1. The molecule has 15 heavy (non-hydrogen) atoms. The highest BCUT2D eigenvalue weighted by atomic mass is 19.1. The van der Waals surface area contributed by atoms with Gasteiger partial charge in [-0.3, -0.25) is 0 Å². The monoisotopic (exact) mass is 207 g/mol. The number of rotatable bonds is 0. The second kappa shape index (κ2) is 3.49. The van der Waals surface area contributed by atoms with Crippen LogP contribution in [0.1, 0.15) is 17.9 Å². The molecule has 0 aliphatic carbocycles. The van der Waals surface area contributed by atoms with E-state index in [1.807, 2.05) is 6.07 Å². The van der Waals surface area contributed by atoms with Crippen molar-refractivity contribution in [2.75, 3.05) is 19.7 Å². The van der Waals surface area contributed by atoms with Gasteiger partial charge in [0.25, 0.3) is 0 Å². The fourth-order valence-corrected chi connectivity index (χ4v) is 2.66. The molecule has 2 aliphatic heterocycles. The van der Waals surface area contributed by atoms with Crippen LogP contribution in [0.4, 0.5) is 4.39 Å². The lowest BCUT2D eigenvalue weighted by Gasteiger charge is -2.15. The van der Waals surface area contributed by atoms with Crippen molar-refractivity contribution in [1.29, 1.82) is 0 Å². The molecule has 0 radical (unpaired) electrons. The zero-order valence-corrected chi connectivity index (χ0v) is 8.50. The summed E-state index contributed by atoms with van der Waals surface area (Å²) in [7, 11) is 0. The second-order valence-corrected chi connectivity index (χ2v) is 4.34. The second-order valence-electron chi connectivity index (χ2n) is 4.34. The van der Waals surface area contributed by atoms with E-state index in [-0.39, 0.29) is 5.82 Å². The predicted octanol–water partition coefficient (Wildman–Crippen LogP) is 1.91. The van der Waals surface area contributed by atoms with Crippen molar-refractivity contribution in [2.24, 2.45) is 5.92 Å². The number of fused-ring (bicyclic) bond motifs is 3. The molecule has 0 saturated carbocycles. The number of halogens is 1. The van der Waals surface area contributed by atoms with Gasteiger partial charge < -0.3 is 10.1 Å². The maximum absolute atomic E-state index is 13.1. The maximum Gasteiger partial charge on any atom is 0.126 e. The quantitative estimate of drug-likeness (QED) is 0.701. The van der Waals surface area contributed by atoms with Gasteiger partial charge in [-0.25, -0.2) is 4.39 Å². The zero-order chi connectivity index (χ0) is 10.3. The van der Waals surface area contributed by atoms with Gasteiger partial charge in [0.2, 0.25) is 0 Å². The Kier molecular flexibility index (Phi) is 2.13. The summed E-state index contributed by atoms with van der Waals surface area (Å²) in [4.78, 5) is 0. The summed E-state index contributed by atoms with van der Waals surface area (Å²) in [6.45, 7) is 2.76. The molecule has 0 amide bonds. The van der Waals surface area contributed by atoms with Gasteiger partial charge in [-0.2, -0.15) is 0 Å². The molecule has 0 aromatic heterocycles. The fourth-order valence-electron chi connectivity index (χ4n) is 2.66. The summed E-state index contributed by atoms with van der Waals surface area (Å²) in [5.41, 5.74) is 1.17. The minimum absolute atomic E-state index is 0.210. The summed E-state index contributed by atoms with van der Waals surface area (Å²) in [6.07, 6.45) is 1.06. The van der Waals surface area contributed by atoms with Crippen LogP contribution in [0.15, 0.2) is 18.2 Å². The number of ether oxygens (including phenoxy) is 1. The standard InChI is InChI=1S/C12H14FNO/c13-9-1-2-10-11-7-14-6-8(11)3-4-15-12(10)5-9/h1-2,5,8,11,14H,3-4,6-7H2/t8?,11-/m0/s1. The van der Waals surface area contributed by atoms with E-state index in [4.69, 9.17) is 4.74 Å². The molecule has 0 spiro atoms. The van der Waals surface area contributed by atoms with Crippen LogP contribution in [-0.2, 0) is 0 Å². The average molecular weight is 207 g/mol. The minimum Gasteiger partial charge on any atom is -0.493 e. The number of nitrogens with one attached hydrogen (secondary N) is 1. The fraction of sp³-hybridized carbons (Fsp3) is 0.500. The molecule has 1 unspecified atom stereocenters. The molecule has 3 heteroatoms. The Labute approximate surface area is 88.4 Å². The van der Waals surface area contributed by atoms with Crippen molar-refractivity contribution >= 4 is 0 Å². The van der Waals surface area contributed by atoms with Gasteiger partial charge in [0.15, 0.2) is 0 Å². The Morgan fingerprint density at radius 3 is 3.20 bits per heavy atom. The van der Waals surface area contributed by atoms with Crippen LogP contribution in [0, 0.1) is 11.7 Å². The van der Waals surface area contributed by atoms with Crippen molar-refractivity contribution in [3.63, 3.8) is 0 Å². The summed E-state index contributed by atoms with van der Waals surface area (Å²) < 4.78 is 18.7. The lowest BCUT2D eigenvalue weighted by molar-refractivity contribution is 0.295. The topological polar surface area (TPSA) is 21.3 Å². The van der Waals surface area contributed by atoms with Crippen LogP contribution in [0.3, 0.4) is 0 Å². The normalized spacial score (nSPS) is 28.9. The van der Waals surface area contributed by atoms with E-state index in [1.165, 1.54) is 17.7 Å². The first-order chi connectivity index (χ1) is 7.34. The number of benzene rings is 1. The van der Waals surface area contributed by atoms with Gasteiger partial charge in [-0.05, 0) is 30.5 Å². The predicted molar refractivity (Wildman–Crippen MR) is 55.6 cm³/mol. The van der Waals surface area contributed by atoms with Crippen molar-refractivity contribution in [3.05, 3.63) is 29.6 Å². The molecule has 2 aliphatic rings. The molecule has 3 rings (SSSR count). The molecule has 2 atom stereocenters. The van der Waals surface area contributed by atoms with Crippen molar-refractivity contribution in [2.45, 2.75) is 12.3 Å². The molecular formula is C12H14FNO. The first-order valence-corrected chi connectivity index (χ1v) is 5.47. The van der Waals surface area contributed by atoms with Crippen molar-refractivity contribution in [1.82, 2.24) is 5.32 Å². The molecular weight excluding hydrogens is 193 g/mol. The Morgan fingerprint density at radius 2 is 2.27 bits per heavy atom. The summed E-state index contributed by atoms with van der Waals surface area (Å²) in [6, 6.07) is 4.92. The Bertz CT molecular complexity index is 380. The number of hydrogen-bond acceptors (Lipinski definition) is 2. The van der Waals surface area contributed by atoms with Crippen molar-refractivity contribution in [3.8, 4) is 5.75 Å². The van der Waals surface area contributed by atoms with E-state index in [0.717, 1.165) is 25.3 Å². The highest BCUT2D eigenvalue weighted by Gasteiger charge is 2.32. The van der Waals surface area contributed by atoms with Gasteiger partial charge in [-0.1, -0.05) is 6.07 Å². The van der Waals surface area contributed by atoms with Crippen LogP contribution < -0.4 is 10.1 Å². The SMILES string of the molecule is Fc1ccc2c(c1)OCCC1CNC[C@H]21. The van der Waals surface area contributed by atoms with Gasteiger partial charge in [0.1, 0.15) is 11.6 Å². The Morgan fingerprint density at radius 1 is 1.33 bits per heavy atom. The summed E-state index contributed by atoms with van der Waals surface area (Å²) in [5.74, 6) is 1.68. The Hall–Kier alpha value is -1.09. The first-order valence-electron chi connectivity index (χ1n) is 5.47. The largest absolute Gasteiger partial charge is 0.493 e. The molecule has 1 saturated heterocycles. The lowest BCUT2D eigenvalue weighted by atomic mass is 9.87. The van der Waals surface area contributed by atoms with Crippen LogP contribution in [-0.4, -0.2) is 19.7 Å². The molecule has 1 N–H and O–H groups in total. The molecule has 1 aromatic rings. The summed E-state index contributed by atoms with van der Waals surface area (Å²) >= 11 is 0. The molecule has 1 aromatic carbocycles. The summed E-state index contributed by atoms with van der Waals surface area (Å²) in [5, 5.41) is 3.40. The molecule has 80 valence electrons. The first kappa shape index (κ1) is 9.16. The van der Waals surface area contributed by atoms with Gasteiger partial charge in [0, 0.05) is 18.5 Å². The lowest BCUT2D eigenvalue weighted by Crippen LogP contribution is -2.11. The van der Waals surface area contributed by atoms with E-state index < -0.39 is 0 Å². The van der Waals surface area contributed by atoms with E-state index in [2.05, 4.69) is 5.32 Å². The molecule has 1 fully saturated rings.